The highest BCUT2D eigenvalue weighted by Crippen LogP contribution is 2.24. The molecule has 3 nitrogen and oxygen atoms in total. The maximum Gasteiger partial charge on any atom is 0.152 e. The molecule has 2 heterocycles. The van der Waals surface area contributed by atoms with E-state index in [1.807, 2.05) is 35.0 Å². The van der Waals surface area contributed by atoms with Crippen molar-refractivity contribution in [3.63, 3.8) is 0 Å². The molecule has 0 saturated heterocycles. The van der Waals surface area contributed by atoms with Gasteiger partial charge >= 0.3 is 0 Å². The van der Waals surface area contributed by atoms with E-state index >= 15 is 0 Å². The van der Waals surface area contributed by atoms with Crippen LogP contribution in [0.4, 0.5) is 0 Å². The van der Waals surface area contributed by atoms with E-state index in [-0.39, 0.29) is 0 Å². The summed E-state index contributed by atoms with van der Waals surface area (Å²) in [6.45, 7) is 0.595. The van der Waals surface area contributed by atoms with Gasteiger partial charge in [-0.3, -0.25) is 9.78 Å². The van der Waals surface area contributed by atoms with Crippen molar-refractivity contribution in [3.05, 3.63) is 63.5 Å². The molecule has 0 N–H and O–H groups in total. The SMILES string of the molecule is O=Cc1cn(Cc2ccc(Br)cn2)c2cc(Cl)ccc12. The molecule has 100 valence electrons. The van der Waals surface area contributed by atoms with Crippen LogP contribution >= 0.6 is 27.5 Å². The first-order valence-electron chi connectivity index (χ1n) is 6.01. The molecule has 5 heteroatoms. The van der Waals surface area contributed by atoms with Gasteiger partial charge in [0.1, 0.15) is 0 Å². The van der Waals surface area contributed by atoms with Crippen LogP contribution in [-0.2, 0) is 6.54 Å². The van der Waals surface area contributed by atoms with Crippen LogP contribution in [0.3, 0.4) is 0 Å². The van der Waals surface area contributed by atoms with Crippen LogP contribution in [0.5, 0.6) is 0 Å². The second-order valence-corrected chi connectivity index (χ2v) is 5.81. The minimum atomic E-state index is 0.595. The number of benzene rings is 1. The average Bonchev–Trinajstić information content (AvgIpc) is 2.79. The lowest BCUT2D eigenvalue weighted by Gasteiger charge is -2.05. The predicted octanol–water partition coefficient (Wildman–Crippen LogP) is 4.31. The quantitative estimate of drug-likeness (QED) is 0.660. The zero-order valence-corrected chi connectivity index (χ0v) is 12.7. The first-order chi connectivity index (χ1) is 9.67. The monoisotopic (exact) mass is 348 g/mol. The van der Waals surface area contributed by atoms with Gasteiger partial charge in [0.15, 0.2) is 6.29 Å². The lowest BCUT2D eigenvalue weighted by Crippen LogP contribution is -2.00. The molecule has 0 aliphatic carbocycles. The summed E-state index contributed by atoms with van der Waals surface area (Å²) in [5.74, 6) is 0. The van der Waals surface area contributed by atoms with E-state index in [2.05, 4.69) is 20.9 Å². The van der Waals surface area contributed by atoms with E-state index in [0.717, 1.165) is 27.4 Å². The van der Waals surface area contributed by atoms with Gasteiger partial charge in [-0.25, -0.2) is 0 Å². The summed E-state index contributed by atoms with van der Waals surface area (Å²) in [6, 6.07) is 9.41. The second-order valence-electron chi connectivity index (χ2n) is 4.46. The van der Waals surface area contributed by atoms with Crippen LogP contribution in [0.2, 0.25) is 5.02 Å². The Kier molecular flexibility index (Phi) is 3.59. The standard InChI is InChI=1S/C15H10BrClN2O/c16-11-1-3-13(18-6-11)8-19-7-10(9-20)14-4-2-12(17)5-15(14)19/h1-7,9H,8H2. The molecule has 2 aromatic heterocycles. The Balaban J connectivity index is 2.08. The van der Waals surface area contributed by atoms with E-state index < -0.39 is 0 Å². The molecular weight excluding hydrogens is 340 g/mol. The van der Waals surface area contributed by atoms with Crippen LogP contribution in [0.25, 0.3) is 10.9 Å². The smallest absolute Gasteiger partial charge is 0.152 e. The number of hydrogen-bond acceptors (Lipinski definition) is 2. The number of pyridine rings is 1. The Morgan fingerprint density at radius 2 is 2.15 bits per heavy atom. The molecular formula is C15H10BrClN2O. The highest BCUT2D eigenvalue weighted by atomic mass is 79.9. The number of aldehydes is 1. The van der Waals surface area contributed by atoms with Crippen LogP contribution in [0, 0.1) is 0 Å². The maximum atomic E-state index is 11.1. The van der Waals surface area contributed by atoms with Gasteiger partial charge in [0.25, 0.3) is 0 Å². The third-order valence-corrected chi connectivity index (χ3v) is 3.83. The molecule has 3 rings (SSSR count). The minimum Gasteiger partial charge on any atom is -0.341 e. The van der Waals surface area contributed by atoms with Crippen LogP contribution < -0.4 is 0 Å². The molecule has 0 radical (unpaired) electrons. The molecule has 0 amide bonds. The molecule has 0 atom stereocenters. The normalized spacial score (nSPS) is 10.9. The molecule has 0 aliphatic heterocycles. The average molecular weight is 350 g/mol. The summed E-state index contributed by atoms with van der Waals surface area (Å²) >= 11 is 9.41. The molecule has 0 aliphatic rings. The van der Waals surface area contributed by atoms with E-state index in [1.165, 1.54) is 0 Å². The zero-order valence-electron chi connectivity index (χ0n) is 10.4. The Labute approximate surface area is 129 Å². The number of fused-ring (bicyclic) bond motifs is 1. The number of hydrogen-bond donors (Lipinski definition) is 0. The largest absolute Gasteiger partial charge is 0.341 e. The van der Waals surface area contributed by atoms with Crippen molar-refractivity contribution < 1.29 is 4.79 Å². The van der Waals surface area contributed by atoms with Crippen molar-refractivity contribution in [1.29, 1.82) is 0 Å². The van der Waals surface area contributed by atoms with Crippen molar-refractivity contribution >= 4 is 44.7 Å². The Hall–Kier alpha value is -1.65. The van der Waals surface area contributed by atoms with Gasteiger partial charge in [0.2, 0.25) is 0 Å². The van der Waals surface area contributed by atoms with Gasteiger partial charge in [-0.2, -0.15) is 0 Å². The maximum absolute atomic E-state index is 11.1. The summed E-state index contributed by atoms with van der Waals surface area (Å²) in [4.78, 5) is 15.5. The Bertz CT molecular complexity index is 780. The van der Waals surface area contributed by atoms with Crippen molar-refractivity contribution in [1.82, 2.24) is 9.55 Å². The molecule has 0 saturated carbocycles. The first-order valence-corrected chi connectivity index (χ1v) is 7.18. The minimum absolute atomic E-state index is 0.595. The summed E-state index contributed by atoms with van der Waals surface area (Å²) in [6.07, 6.45) is 4.45. The fraction of sp³-hybridized carbons (Fsp3) is 0.0667. The number of halogens is 2. The van der Waals surface area contributed by atoms with E-state index in [9.17, 15) is 4.79 Å². The Morgan fingerprint density at radius 3 is 2.85 bits per heavy atom. The predicted molar refractivity (Wildman–Crippen MR) is 83.4 cm³/mol. The van der Waals surface area contributed by atoms with Crippen LogP contribution in [-0.4, -0.2) is 15.8 Å². The van der Waals surface area contributed by atoms with E-state index in [0.29, 0.717) is 17.1 Å². The van der Waals surface area contributed by atoms with Gasteiger partial charge in [-0.1, -0.05) is 17.7 Å². The summed E-state index contributed by atoms with van der Waals surface area (Å²) in [7, 11) is 0. The fourth-order valence-corrected chi connectivity index (χ4v) is 2.59. The van der Waals surface area contributed by atoms with Crippen LogP contribution in [0.15, 0.2) is 47.2 Å². The third-order valence-electron chi connectivity index (χ3n) is 3.12. The molecule has 0 unspecified atom stereocenters. The number of aromatic nitrogens is 2. The van der Waals surface area contributed by atoms with Crippen LogP contribution in [0.1, 0.15) is 16.1 Å². The van der Waals surface area contributed by atoms with Gasteiger partial charge in [0, 0.05) is 32.8 Å². The van der Waals surface area contributed by atoms with Gasteiger partial charge in [0.05, 0.1) is 17.8 Å². The molecule has 0 spiro atoms. The molecule has 0 fully saturated rings. The Morgan fingerprint density at radius 1 is 1.30 bits per heavy atom. The topological polar surface area (TPSA) is 34.9 Å². The van der Waals surface area contributed by atoms with Crippen molar-refractivity contribution in [2.45, 2.75) is 6.54 Å². The van der Waals surface area contributed by atoms with Crippen molar-refractivity contribution in [2.24, 2.45) is 0 Å². The third kappa shape index (κ3) is 2.49. The number of carbonyl (C=O) groups excluding carboxylic acids is 1. The summed E-state index contributed by atoms with van der Waals surface area (Å²) in [5.41, 5.74) is 2.51. The van der Waals surface area contributed by atoms with E-state index in [4.69, 9.17) is 11.6 Å². The highest BCUT2D eigenvalue weighted by molar-refractivity contribution is 9.10. The second kappa shape index (κ2) is 5.38. The van der Waals surface area contributed by atoms with E-state index in [1.54, 1.807) is 12.3 Å². The zero-order chi connectivity index (χ0) is 14.1. The number of nitrogens with zero attached hydrogens (tertiary/aromatic N) is 2. The first kappa shape index (κ1) is 13.3. The fourth-order valence-electron chi connectivity index (χ4n) is 2.19. The number of rotatable bonds is 3. The van der Waals surface area contributed by atoms with Crippen molar-refractivity contribution in [3.8, 4) is 0 Å². The van der Waals surface area contributed by atoms with Crippen molar-refractivity contribution in [2.75, 3.05) is 0 Å². The highest BCUT2D eigenvalue weighted by Gasteiger charge is 2.09. The summed E-state index contributed by atoms with van der Waals surface area (Å²) in [5, 5.41) is 1.56. The molecule has 3 aromatic rings. The van der Waals surface area contributed by atoms with Gasteiger partial charge < -0.3 is 4.57 Å². The van der Waals surface area contributed by atoms with Gasteiger partial charge in [-0.15, -0.1) is 0 Å². The van der Waals surface area contributed by atoms with Gasteiger partial charge in [-0.05, 0) is 40.2 Å². The lowest BCUT2D eigenvalue weighted by atomic mass is 10.2. The molecule has 0 bridgehead atoms. The molecule has 1 aromatic carbocycles. The lowest BCUT2D eigenvalue weighted by molar-refractivity contribution is 0.112. The molecule has 20 heavy (non-hydrogen) atoms. The number of carbonyl (C=O) groups is 1. The summed E-state index contributed by atoms with van der Waals surface area (Å²) < 4.78 is 2.93.